The molecule has 0 unspecified atom stereocenters. The van der Waals surface area contributed by atoms with Crippen LogP contribution in [0, 0.1) is 0 Å². The van der Waals surface area contributed by atoms with Gasteiger partial charge in [-0.25, -0.2) is 9.78 Å². The van der Waals surface area contributed by atoms with Crippen molar-refractivity contribution in [2.24, 2.45) is 0 Å². The fraction of sp³-hybridized carbons (Fsp3) is 0.650. The molecule has 1 aromatic heterocycles. The van der Waals surface area contributed by atoms with Gasteiger partial charge in [-0.2, -0.15) is 0 Å². The number of hydrogen-bond acceptors (Lipinski definition) is 4. The number of rotatable bonds is 3. The quantitative estimate of drug-likeness (QED) is 0.816. The van der Waals surface area contributed by atoms with Crippen LogP contribution in [0.25, 0.3) is 0 Å². The van der Waals surface area contributed by atoms with Gasteiger partial charge < -0.3 is 9.64 Å². The molecule has 1 saturated heterocycles. The minimum absolute atomic E-state index is 0.0821. The van der Waals surface area contributed by atoms with E-state index in [1.807, 2.05) is 37.8 Å². The van der Waals surface area contributed by atoms with Crippen LogP contribution in [0.3, 0.4) is 0 Å². The number of aromatic nitrogens is 1. The van der Waals surface area contributed by atoms with Gasteiger partial charge in [0.15, 0.2) is 0 Å². The fourth-order valence-corrected chi connectivity index (χ4v) is 3.47. The zero-order chi connectivity index (χ0) is 18.9. The fourth-order valence-electron chi connectivity index (χ4n) is 3.47. The van der Waals surface area contributed by atoms with Crippen molar-refractivity contribution in [3.63, 3.8) is 0 Å². The van der Waals surface area contributed by atoms with Crippen molar-refractivity contribution in [1.82, 2.24) is 9.88 Å². The first-order valence-electron chi connectivity index (χ1n) is 9.51. The lowest BCUT2D eigenvalue weighted by molar-refractivity contribution is -0.132. The predicted molar refractivity (Wildman–Crippen MR) is 100.0 cm³/mol. The Labute approximate surface area is 155 Å². The topological polar surface area (TPSA) is 62.7 Å². The second-order valence-corrected chi connectivity index (χ2v) is 8.26. The maximum absolute atomic E-state index is 12.6. The molecule has 1 saturated carbocycles. The monoisotopic (exact) mass is 359 g/mol. The second-order valence-electron chi connectivity index (χ2n) is 8.26. The minimum Gasteiger partial charge on any atom is -0.443 e. The number of hydrogen-bond donors (Lipinski definition) is 0. The van der Waals surface area contributed by atoms with Crippen LogP contribution < -0.4 is 4.90 Å². The number of likely N-dealkylation sites (tertiary alicyclic amines) is 1. The first kappa shape index (κ1) is 18.7. The van der Waals surface area contributed by atoms with E-state index in [1.54, 1.807) is 18.0 Å². The first-order valence-corrected chi connectivity index (χ1v) is 9.51. The van der Waals surface area contributed by atoms with Crippen LogP contribution in [-0.4, -0.2) is 40.1 Å². The van der Waals surface area contributed by atoms with E-state index < -0.39 is 5.60 Å². The van der Waals surface area contributed by atoms with Crippen molar-refractivity contribution in [2.45, 2.75) is 77.5 Å². The molecule has 26 heavy (non-hydrogen) atoms. The maximum atomic E-state index is 12.6. The average molecular weight is 359 g/mol. The summed E-state index contributed by atoms with van der Waals surface area (Å²) in [7, 11) is 0. The molecule has 2 amide bonds. The van der Waals surface area contributed by atoms with Gasteiger partial charge in [-0.1, -0.05) is 6.07 Å². The lowest BCUT2D eigenvalue weighted by atomic mass is 9.96. The molecule has 1 aliphatic heterocycles. The second kappa shape index (κ2) is 7.25. The summed E-state index contributed by atoms with van der Waals surface area (Å²) in [6, 6.07) is 4.13. The summed E-state index contributed by atoms with van der Waals surface area (Å²) in [5.74, 6) is 0.725. The third-order valence-electron chi connectivity index (χ3n) is 4.81. The molecule has 6 nitrogen and oxygen atoms in total. The van der Waals surface area contributed by atoms with Gasteiger partial charge in [0, 0.05) is 25.7 Å². The number of amides is 2. The van der Waals surface area contributed by atoms with Gasteiger partial charge in [-0.3, -0.25) is 9.69 Å². The van der Waals surface area contributed by atoms with Crippen LogP contribution in [0.1, 0.15) is 71.4 Å². The minimum atomic E-state index is -0.533. The number of carbonyl (C=O) groups is 2. The summed E-state index contributed by atoms with van der Waals surface area (Å²) in [5.41, 5.74) is 0.498. The van der Waals surface area contributed by atoms with Crippen molar-refractivity contribution < 1.29 is 14.3 Å². The predicted octanol–water partition coefficient (Wildman–Crippen LogP) is 4.06. The molecule has 3 rings (SSSR count). The SMILES string of the molecule is CC(=O)N1CCCC[C@H]1c1ccc(N(C(=O)OC(C)(C)C)C2CC2)nc1. The lowest BCUT2D eigenvalue weighted by Gasteiger charge is -2.35. The zero-order valence-electron chi connectivity index (χ0n) is 16.2. The molecule has 1 aliphatic carbocycles. The lowest BCUT2D eigenvalue weighted by Crippen LogP contribution is -2.39. The van der Waals surface area contributed by atoms with E-state index in [9.17, 15) is 9.59 Å². The molecule has 0 radical (unpaired) electrons. The Balaban J connectivity index is 1.79. The van der Waals surface area contributed by atoms with E-state index in [2.05, 4.69) is 4.98 Å². The van der Waals surface area contributed by atoms with E-state index in [0.29, 0.717) is 5.82 Å². The van der Waals surface area contributed by atoms with Crippen LogP contribution in [0.5, 0.6) is 0 Å². The molecule has 2 fully saturated rings. The third-order valence-corrected chi connectivity index (χ3v) is 4.81. The molecule has 142 valence electrons. The normalized spacial score (nSPS) is 20.6. The highest BCUT2D eigenvalue weighted by Crippen LogP contribution is 2.34. The van der Waals surface area contributed by atoms with Gasteiger partial charge >= 0.3 is 6.09 Å². The molecule has 1 aromatic rings. The maximum Gasteiger partial charge on any atom is 0.416 e. The van der Waals surface area contributed by atoms with E-state index in [-0.39, 0.29) is 24.1 Å². The van der Waals surface area contributed by atoms with Gasteiger partial charge in [-0.05, 0) is 64.5 Å². The third kappa shape index (κ3) is 4.34. The molecule has 0 N–H and O–H groups in total. The number of anilines is 1. The van der Waals surface area contributed by atoms with Gasteiger partial charge in [0.2, 0.25) is 5.91 Å². The Hall–Kier alpha value is -2.11. The summed E-state index contributed by atoms with van der Waals surface area (Å²) in [6.07, 6.45) is 6.54. The summed E-state index contributed by atoms with van der Waals surface area (Å²) in [5, 5.41) is 0. The highest BCUT2D eigenvalue weighted by atomic mass is 16.6. The molecule has 0 spiro atoms. The van der Waals surface area contributed by atoms with Crippen LogP contribution in [-0.2, 0) is 9.53 Å². The Bertz CT molecular complexity index is 662. The molecule has 0 bridgehead atoms. The summed E-state index contributed by atoms with van der Waals surface area (Å²) in [4.78, 5) is 32.6. The van der Waals surface area contributed by atoms with E-state index in [0.717, 1.165) is 44.2 Å². The van der Waals surface area contributed by atoms with Crippen molar-refractivity contribution in [2.75, 3.05) is 11.4 Å². The number of carbonyl (C=O) groups excluding carboxylic acids is 2. The van der Waals surface area contributed by atoms with Gasteiger partial charge in [0.25, 0.3) is 0 Å². The van der Waals surface area contributed by atoms with Crippen molar-refractivity contribution in [3.05, 3.63) is 23.9 Å². The Morgan fingerprint density at radius 1 is 1.19 bits per heavy atom. The number of piperidine rings is 1. The molecule has 2 heterocycles. The van der Waals surface area contributed by atoms with Crippen molar-refractivity contribution in [3.8, 4) is 0 Å². The van der Waals surface area contributed by atoms with E-state index >= 15 is 0 Å². The van der Waals surface area contributed by atoms with Gasteiger partial charge in [0.05, 0.1) is 6.04 Å². The highest BCUT2D eigenvalue weighted by Gasteiger charge is 2.37. The largest absolute Gasteiger partial charge is 0.443 e. The van der Waals surface area contributed by atoms with Crippen molar-refractivity contribution >= 4 is 17.8 Å². The van der Waals surface area contributed by atoms with Gasteiger partial charge in [-0.15, -0.1) is 0 Å². The van der Waals surface area contributed by atoms with Gasteiger partial charge in [0.1, 0.15) is 11.4 Å². The van der Waals surface area contributed by atoms with Crippen molar-refractivity contribution in [1.29, 1.82) is 0 Å². The summed E-state index contributed by atoms with van der Waals surface area (Å²) < 4.78 is 5.54. The van der Waals surface area contributed by atoms with E-state index in [4.69, 9.17) is 4.74 Å². The smallest absolute Gasteiger partial charge is 0.416 e. The van der Waals surface area contributed by atoms with Crippen LogP contribution in [0.15, 0.2) is 18.3 Å². The molecule has 6 heteroatoms. The first-order chi connectivity index (χ1) is 12.3. The molecular weight excluding hydrogens is 330 g/mol. The Kier molecular flexibility index (Phi) is 5.21. The summed E-state index contributed by atoms with van der Waals surface area (Å²) in [6.45, 7) is 8.02. The Morgan fingerprint density at radius 2 is 1.92 bits per heavy atom. The highest BCUT2D eigenvalue weighted by molar-refractivity contribution is 5.88. The van der Waals surface area contributed by atoms with Crippen LogP contribution >= 0.6 is 0 Å². The Morgan fingerprint density at radius 3 is 2.46 bits per heavy atom. The molecule has 0 aromatic carbocycles. The van der Waals surface area contributed by atoms with Crippen LogP contribution in [0.2, 0.25) is 0 Å². The average Bonchev–Trinajstić information content (AvgIpc) is 3.39. The standard InChI is InChI=1S/C20H29N3O3/c1-14(24)22-12-6-5-7-17(22)15-8-11-18(21-13-15)23(16-9-10-16)19(25)26-20(2,3)4/h8,11,13,16-17H,5-7,9-10,12H2,1-4H3/t17-/m0/s1. The van der Waals surface area contributed by atoms with E-state index in [1.165, 1.54) is 0 Å². The molecule has 1 atom stereocenters. The summed E-state index contributed by atoms with van der Waals surface area (Å²) >= 11 is 0. The number of nitrogens with zero attached hydrogens (tertiary/aromatic N) is 3. The molecular formula is C20H29N3O3. The zero-order valence-corrected chi connectivity index (χ0v) is 16.2. The molecule has 2 aliphatic rings. The number of pyridine rings is 1. The number of ether oxygens (including phenoxy) is 1. The van der Waals surface area contributed by atoms with Crippen LogP contribution in [0.4, 0.5) is 10.6 Å².